The molecule has 0 aromatic rings. The fourth-order valence-corrected chi connectivity index (χ4v) is 2.80. The molecule has 2 aliphatic rings. The summed E-state index contributed by atoms with van der Waals surface area (Å²) in [6, 6.07) is 0.708. The van der Waals surface area contributed by atoms with Crippen LogP contribution in [-0.4, -0.2) is 42.8 Å². The topological polar surface area (TPSA) is 15.3 Å². The fraction of sp³-hybridized carbons (Fsp3) is 1.00. The molecule has 0 radical (unpaired) electrons. The van der Waals surface area contributed by atoms with Crippen molar-refractivity contribution in [3.8, 4) is 0 Å². The van der Waals surface area contributed by atoms with Gasteiger partial charge in [-0.1, -0.05) is 0 Å². The van der Waals surface area contributed by atoms with Crippen molar-refractivity contribution < 1.29 is 4.39 Å². The van der Waals surface area contributed by atoms with Gasteiger partial charge < -0.3 is 10.2 Å². The van der Waals surface area contributed by atoms with E-state index in [2.05, 4.69) is 10.2 Å². The Balaban J connectivity index is 1.87. The molecule has 2 heterocycles. The molecule has 2 saturated heterocycles. The third-order valence-corrected chi connectivity index (χ3v) is 3.89. The first-order valence-electron chi connectivity index (χ1n) is 6.31. The van der Waals surface area contributed by atoms with Gasteiger partial charge in [-0.25, -0.2) is 4.39 Å². The standard InChI is InChI=1S/C12H23FN2/c1-12(13)5-2-9-15(10-6-12)11-3-7-14-8-4-11/h11,14H,2-10H2,1H3. The summed E-state index contributed by atoms with van der Waals surface area (Å²) in [6.07, 6.45) is 4.97. The second kappa shape index (κ2) is 4.79. The van der Waals surface area contributed by atoms with E-state index in [4.69, 9.17) is 0 Å². The van der Waals surface area contributed by atoms with E-state index in [9.17, 15) is 4.39 Å². The molecule has 2 nitrogen and oxygen atoms in total. The van der Waals surface area contributed by atoms with Gasteiger partial charge in [-0.3, -0.25) is 0 Å². The van der Waals surface area contributed by atoms with Crippen LogP contribution in [0, 0.1) is 0 Å². The number of nitrogens with zero attached hydrogens (tertiary/aromatic N) is 1. The lowest BCUT2D eigenvalue weighted by Gasteiger charge is -2.33. The van der Waals surface area contributed by atoms with Gasteiger partial charge in [0.15, 0.2) is 0 Å². The quantitative estimate of drug-likeness (QED) is 0.718. The molecule has 0 bridgehead atoms. The summed E-state index contributed by atoms with van der Waals surface area (Å²) in [5.41, 5.74) is -0.915. The Kier molecular flexibility index (Phi) is 3.62. The van der Waals surface area contributed by atoms with E-state index in [1.807, 2.05) is 0 Å². The van der Waals surface area contributed by atoms with E-state index in [0.29, 0.717) is 6.04 Å². The van der Waals surface area contributed by atoms with Crippen molar-refractivity contribution >= 4 is 0 Å². The molecular formula is C12H23FN2. The average Bonchev–Trinajstić information content (AvgIpc) is 2.41. The Hall–Kier alpha value is -0.150. The van der Waals surface area contributed by atoms with Crippen LogP contribution >= 0.6 is 0 Å². The maximum absolute atomic E-state index is 13.8. The lowest BCUT2D eigenvalue weighted by Crippen LogP contribution is -2.43. The van der Waals surface area contributed by atoms with Crippen LogP contribution in [0.1, 0.15) is 39.0 Å². The molecule has 0 spiro atoms. The second-order valence-electron chi connectivity index (χ2n) is 5.28. The Labute approximate surface area is 92.2 Å². The lowest BCUT2D eigenvalue weighted by molar-refractivity contribution is 0.139. The number of hydrogen-bond acceptors (Lipinski definition) is 2. The molecule has 1 unspecified atom stereocenters. The van der Waals surface area contributed by atoms with Gasteiger partial charge in [-0.05, 0) is 58.7 Å². The molecule has 2 aliphatic heterocycles. The normalized spacial score (nSPS) is 36.4. The molecule has 0 aromatic heterocycles. The summed E-state index contributed by atoms with van der Waals surface area (Å²) >= 11 is 0. The van der Waals surface area contributed by atoms with E-state index in [1.54, 1.807) is 6.92 Å². The molecule has 88 valence electrons. The number of halogens is 1. The fourth-order valence-electron chi connectivity index (χ4n) is 2.80. The van der Waals surface area contributed by atoms with Crippen LogP contribution in [0.3, 0.4) is 0 Å². The number of alkyl halides is 1. The highest BCUT2D eigenvalue weighted by atomic mass is 19.1. The SMILES string of the molecule is CC1(F)CCCN(C2CCNCC2)CC1. The van der Waals surface area contributed by atoms with E-state index >= 15 is 0 Å². The van der Waals surface area contributed by atoms with Crippen molar-refractivity contribution in [3.63, 3.8) is 0 Å². The van der Waals surface area contributed by atoms with Crippen LogP contribution in [0.5, 0.6) is 0 Å². The van der Waals surface area contributed by atoms with Gasteiger partial charge in [0.05, 0.1) is 0 Å². The van der Waals surface area contributed by atoms with Crippen molar-refractivity contribution in [2.75, 3.05) is 26.2 Å². The van der Waals surface area contributed by atoms with Crippen molar-refractivity contribution in [1.29, 1.82) is 0 Å². The van der Waals surface area contributed by atoms with Gasteiger partial charge in [-0.15, -0.1) is 0 Å². The molecule has 15 heavy (non-hydrogen) atoms. The highest BCUT2D eigenvalue weighted by Gasteiger charge is 2.30. The zero-order valence-electron chi connectivity index (χ0n) is 9.77. The zero-order chi connectivity index (χ0) is 10.7. The van der Waals surface area contributed by atoms with Crippen LogP contribution in [0.2, 0.25) is 0 Å². The van der Waals surface area contributed by atoms with Gasteiger partial charge >= 0.3 is 0 Å². The minimum Gasteiger partial charge on any atom is -0.317 e. The van der Waals surface area contributed by atoms with Gasteiger partial charge in [0.25, 0.3) is 0 Å². The first kappa shape index (κ1) is 11.3. The highest BCUT2D eigenvalue weighted by molar-refractivity contribution is 4.84. The summed E-state index contributed by atoms with van der Waals surface area (Å²) in [5, 5.41) is 3.38. The van der Waals surface area contributed by atoms with Crippen molar-refractivity contribution in [2.45, 2.75) is 50.7 Å². The highest BCUT2D eigenvalue weighted by Crippen LogP contribution is 2.27. The van der Waals surface area contributed by atoms with Crippen LogP contribution in [0.4, 0.5) is 4.39 Å². The average molecular weight is 214 g/mol. The van der Waals surface area contributed by atoms with Gasteiger partial charge in [0, 0.05) is 12.6 Å². The third kappa shape index (κ3) is 3.15. The van der Waals surface area contributed by atoms with E-state index in [1.165, 1.54) is 12.8 Å². The zero-order valence-corrected chi connectivity index (χ0v) is 9.77. The predicted molar refractivity (Wildman–Crippen MR) is 60.8 cm³/mol. The van der Waals surface area contributed by atoms with Crippen molar-refractivity contribution in [1.82, 2.24) is 10.2 Å². The molecule has 0 aliphatic carbocycles. The Bertz CT molecular complexity index is 200. The van der Waals surface area contributed by atoms with Crippen LogP contribution in [-0.2, 0) is 0 Å². The molecule has 1 atom stereocenters. The molecule has 0 saturated carbocycles. The maximum atomic E-state index is 13.8. The van der Waals surface area contributed by atoms with Crippen molar-refractivity contribution in [2.24, 2.45) is 0 Å². The Morgan fingerprint density at radius 3 is 2.67 bits per heavy atom. The molecular weight excluding hydrogens is 191 g/mol. The van der Waals surface area contributed by atoms with Crippen LogP contribution in [0.15, 0.2) is 0 Å². The van der Waals surface area contributed by atoms with E-state index < -0.39 is 5.67 Å². The smallest absolute Gasteiger partial charge is 0.109 e. The number of nitrogens with one attached hydrogen (secondary N) is 1. The largest absolute Gasteiger partial charge is 0.317 e. The minimum absolute atomic E-state index is 0.708. The molecule has 3 heteroatoms. The number of hydrogen-bond donors (Lipinski definition) is 1. The molecule has 0 amide bonds. The van der Waals surface area contributed by atoms with Crippen LogP contribution in [0.25, 0.3) is 0 Å². The molecule has 0 aromatic carbocycles. The van der Waals surface area contributed by atoms with E-state index in [-0.39, 0.29) is 0 Å². The maximum Gasteiger partial charge on any atom is 0.109 e. The Morgan fingerprint density at radius 1 is 1.20 bits per heavy atom. The molecule has 1 N–H and O–H groups in total. The predicted octanol–water partition coefficient (Wildman–Crippen LogP) is 1.95. The number of piperidine rings is 1. The van der Waals surface area contributed by atoms with Gasteiger partial charge in [0.1, 0.15) is 5.67 Å². The molecule has 2 rings (SSSR count). The monoisotopic (exact) mass is 214 g/mol. The summed E-state index contributed by atoms with van der Waals surface area (Å²) in [5.74, 6) is 0. The summed E-state index contributed by atoms with van der Waals surface area (Å²) in [4.78, 5) is 2.52. The van der Waals surface area contributed by atoms with Crippen LogP contribution < -0.4 is 5.32 Å². The molecule has 2 fully saturated rings. The first-order valence-corrected chi connectivity index (χ1v) is 6.31. The number of rotatable bonds is 1. The van der Waals surface area contributed by atoms with Crippen molar-refractivity contribution in [3.05, 3.63) is 0 Å². The number of likely N-dealkylation sites (tertiary alicyclic amines) is 1. The third-order valence-electron chi connectivity index (χ3n) is 3.89. The summed E-state index contributed by atoms with van der Waals surface area (Å²) < 4.78 is 13.8. The van der Waals surface area contributed by atoms with Gasteiger partial charge in [0.2, 0.25) is 0 Å². The summed E-state index contributed by atoms with van der Waals surface area (Å²) in [6.45, 7) is 6.09. The van der Waals surface area contributed by atoms with Gasteiger partial charge in [-0.2, -0.15) is 0 Å². The second-order valence-corrected chi connectivity index (χ2v) is 5.28. The minimum atomic E-state index is -0.915. The Morgan fingerprint density at radius 2 is 1.93 bits per heavy atom. The van der Waals surface area contributed by atoms with E-state index in [0.717, 1.165) is 45.4 Å². The summed E-state index contributed by atoms with van der Waals surface area (Å²) in [7, 11) is 0. The lowest BCUT2D eigenvalue weighted by atomic mass is 10.00. The first-order chi connectivity index (χ1) is 7.17.